The van der Waals surface area contributed by atoms with E-state index in [4.69, 9.17) is 13.9 Å². The van der Waals surface area contributed by atoms with Crippen LogP contribution in [0, 0.1) is 12.0 Å². The van der Waals surface area contributed by atoms with Gasteiger partial charge in [0.15, 0.2) is 0 Å². The van der Waals surface area contributed by atoms with E-state index in [1.165, 1.54) is 0 Å². The van der Waals surface area contributed by atoms with Crippen LogP contribution in [-0.4, -0.2) is 16.8 Å². The lowest BCUT2D eigenvalue weighted by atomic mass is 10.8. The van der Waals surface area contributed by atoms with Crippen molar-refractivity contribution < 1.29 is 0 Å². The fourth-order valence-electron chi connectivity index (χ4n) is 0. The Morgan fingerprint density at radius 2 is 2.25 bits per heavy atom. The number of hydrogen-bond acceptors (Lipinski definition) is 0. The van der Waals surface area contributed by atoms with E-state index in [0.29, 0.717) is 0 Å². The first kappa shape index (κ1) is 3.84. The zero-order valence-electron chi connectivity index (χ0n) is 2.36. The quantitative estimate of drug-likeness (QED) is 0.247. The van der Waals surface area contributed by atoms with E-state index >= 15 is 0 Å². The smallest absolute Gasteiger partial charge is 0.0654 e. The van der Waals surface area contributed by atoms with Gasteiger partial charge in [0.05, 0.1) is 16.8 Å². The lowest BCUT2D eigenvalue weighted by molar-refractivity contribution is 3.06. The molecule has 0 aromatic carbocycles. The molecule has 0 unspecified atom stereocenters. The second-order valence-corrected chi connectivity index (χ2v) is 1.22. The van der Waals surface area contributed by atoms with Gasteiger partial charge >= 0.3 is 0 Å². The fourth-order valence-corrected chi connectivity index (χ4v) is 0. The minimum Gasteiger partial charge on any atom is -0.153 e. The molecule has 0 bridgehead atoms. The highest BCUT2D eigenvalue weighted by Gasteiger charge is 1.48. The van der Waals surface area contributed by atoms with Crippen molar-refractivity contribution in [2.75, 3.05) is 0 Å². The monoisotopic (exact) mass is 66.0 g/mol. The molecule has 0 heterocycles. The van der Waals surface area contributed by atoms with Crippen LogP contribution in [0.4, 0.5) is 0 Å². The summed E-state index contributed by atoms with van der Waals surface area (Å²) in [4.78, 5) is 0. The molecule has 2 heteroatoms. The van der Waals surface area contributed by atoms with Gasteiger partial charge in [0.2, 0.25) is 0 Å². The molecule has 0 nitrogen and oxygen atoms in total. The molecule has 0 rings (SSSR count). The van der Waals surface area contributed by atoms with Crippen molar-refractivity contribution in [1.29, 1.82) is 0 Å². The van der Waals surface area contributed by atoms with Gasteiger partial charge in [-0.25, -0.2) is 0 Å². The summed E-state index contributed by atoms with van der Waals surface area (Å²) in [6.45, 7) is 0. The number of hydrogen-bond donors (Lipinski definition) is 0. The average molecular weight is 65.9 g/mol. The molecule has 0 spiro atoms. The van der Waals surface area contributed by atoms with Crippen LogP contribution in [0.5, 0.6) is 0 Å². The van der Waals surface area contributed by atoms with E-state index in [1.807, 2.05) is 0 Å². The zero-order chi connectivity index (χ0) is 3.41. The summed E-state index contributed by atoms with van der Waals surface area (Å²) >= 11 is 0. The standard InChI is InChI=1S/C2H3BSi/c1-2-4-3/h1H,4H2. The molecule has 0 aromatic rings. The third kappa shape index (κ3) is 1.84. The van der Waals surface area contributed by atoms with Gasteiger partial charge in [0.1, 0.15) is 0 Å². The molecule has 0 atom stereocenters. The molecule has 0 aliphatic rings. The van der Waals surface area contributed by atoms with Crippen molar-refractivity contribution in [3.05, 3.63) is 0 Å². The van der Waals surface area contributed by atoms with Gasteiger partial charge in [0.25, 0.3) is 0 Å². The van der Waals surface area contributed by atoms with Crippen molar-refractivity contribution in [3.8, 4) is 12.0 Å². The van der Waals surface area contributed by atoms with Crippen LogP contribution in [-0.2, 0) is 0 Å². The van der Waals surface area contributed by atoms with Crippen LogP contribution in [0.15, 0.2) is 0 Å². The predicted molar refractivity (Wildman–Crippen MR) is 23.1 cm³/mol. The van der Waals surface area contributed by atoms with Gasteiger partial charge in [0, 0.05) is 0 Å². The van der Waals surface area contributed by atoms with Crippen LogP contribution in [0.2, 0.25) is 0 Å². The summed E-state index contributed by atoms with van der Waals surface area (Å²) in [5.41, 5.74) is 2.35. The normalized spacial score (nSPS) is 7.75. The second-order valence-electron chi connectivity index (χ2n) is 0.408. The maximum absolute atomic E-state index is 4.93. The number of terminal acetylenes is 1. The van der Waals surface area contributed by atoms with Gasteiger partial charge in [-0.3, -0.25) is 0 Å². The van der Waals surface area contributed by atoms with Crippen molar-refractivity contribution in [2.24, 2.45) is 0 Å². The lowest BCUT2D eigenvalue weighted by Crippen LogP contribution is -1.75. The van der Waals surface area contributed by atoms with Gasteiger partial charge in [-0.2, -0.15) is 5.54 Å². The van der Waals surface area contributed by atoms with Crippen molar-refractivity contribution in [3.63, 3.8) is 0 Å². The number of rotatable bonds is 0. The van der Waals surface area contributed by atoms with E-state index in [0.717, 1.165) is 0 Å². The van der Waals surface area contributed by atoms with Crippen LogP contribution in [0.25, 0.3) is 0 Å². The first-order valence-corrected chi connectivity index (χ1v) is 2.57. The highest BCUT2D eigenvalue weighted by atomic mass is 28.2. The summed E-state index contributed by atoms with van der Waals surface area (Å²) in [6.07, 6.45) is 4.71. The Bertz CT molecular complexity index is 35.8. The van der Waals surface area contributed by atoms with E-state index in [1.54, 1.807) is 0 Å². The molecule has 4 heavy (non-hydrogen) atoms. The molecule has 2 radical (unpaired) electrons. The first-order chi connectivity index (χ1) is 1.91. The summed E-state index contributed by atoms with van der Waals surface area (Å²) in [5, 5.41) is 0. The Labute approximate surface area is 29.8 Å². The average Bonchev–Trinajstić information content (AvgIpc) is 1.37. The highest BCUT2D eigenvalue weighted by Crippen LogP contribution is 1.25. The predicted octanol–water partition coefficient (Wildman–Crippen LogP) is -1.17. The lowest BCUT2D eigenvalue weighted by Gasteiger charge is -1.49. The van der Waals surface area contributed by atoms with Gasteiger partial charge < -0.3 is 0 Å². The van der Waals surface area contributed by atoms with Crippen molar-refractivity contribution >= 4 is 16.8 Å². The Kier molecular flexibility index (Phi) is 2.73. The first-order valence-electron chi connectivity index (χ1n) is 1.05. The van der Waals surface area contributed by atoms with Crippen LogP contribution < -0.4 is 0 Å². The molecule has 0 aromatic heterocycles. The fraction of sp³-hybridized carbons (Fsp3) is 0. The van der Waals surface area contributed by atoms with E-state index in [-0.39, 0.29) is 0 Å². The Morgan fingerprint density at radius 3 is 2.25 bits per heavy atom. The summed E-state index contributed by atoms with van der Waals surface area (Å²) in [5.74, 6) is 0. The van der Waals surface area contributed by atoms with E-state index in [9.17, 15) is 0 Å². The second kappa shape index (κ2) is 2.84. The van der Waals surface area contributed by atoms with E-state index < -0.39 is 9.39 Å². The van der Waals surface area contributed by atoms with Crippen molar-refractivity contribution in [1.82, 2.24) is 0 Å². The van der Waals surface area contributed by atoms with Crippen LogP contribution >= 0.6 is 0 Å². The van der Waals surface area contributed by atoms with Gasteiger partial charge in [-0.05, 0) is 0 Å². The molecule has 0 saturated carbocycles. The third-order valence-corrected chi connectivity index (χ3v) is 0.354. The van der Waals surface area contributed by atoms with Gasteiger partial charge in [-0.15, -0.1) is 6.42 Å². The largest absolute Gasteiger partial charge is 0.153 e. The summed E-state index contributed by atoms with van der Waals surface area (Å²) < 4.78 is 0. The Balaban J connectivity index is 2.43. The van der Waals surface area contributed by atoms with E-state index in [2.05, 4.69) is 5.54 Å². The Morgan fingerprint density at radius 1 is 2.00 bits per heavy atom. The summed E-state index contributed by atoms with van der Waals surface area (Å²) in [6, 6.07) is 0. The Hall–Kier alpha value is -0.158. The molecular formula is C2H3BSi. The van der Waals surface area contributed by atoms with Crippen LogP contribution in [0.3, 0.4) is 0 Å². The molecule has 0 aliphatic carbocycles. The molecule has 0 amide bonds. The maximum Gasteiger partial charge on any atom is 0.0654 e. The summed E-state index contributed by atoms with van der Waals surface area (Å²) in [7, 11) is 4.38. The van der Waals surface area contributed by atoms with Crippen molar-refractivity contribution in [2.45, 2.75) is 0 Å². The molecule has 0 saturated heterocycles. The van der Waals surface area contributed by atoms with Crippen LogP contribution in [0.1, 0.15) is 0 Å². The molecule has 0 N–H and O–H groups in total. The highest BCUT2D eigenvalue weighted by molar-refractivity contribution is 6.94. The van der Waals surface area contributed by atoms with Gasteiger partial charge in [-0.1, -0.05) is 0 Å². The molecule has 0 aliphatic heterocycles. The third-order valence-electron chi connectivity index (χ3n) is 0.118. The minimum atomic E-state index is -0.548. The zero-order valence-corrected chi connectivity index (χ0v) is 3.78. The molecule has 0 fully saturated rings. The topological polar surface area (TPSA) is 0 Å². The molecule has 18 valence electrons. The molecular weight excluding hydrogens is 62.9 g/mol. The maximum atomic E-state index is 4.93. The minimum absolute atomic E-state index is 0.548. The SMILES string of the molecule is [B][SiH2]C#C.